The second-order valence-corrected chi connectivity index (χ2v) is 7.72. The minimum absolute atomic E-state index is 0.0828. The first kappa shape index (κ1) is 19.4. The van der Waals surface area contributed by atoms with Gasteiger partial charge in [0.2, 0.25) is 5.91 Å². The van der Waals surface area contributed by atoms with Crippen LogP contribution in [-0.4, -0.2) is 21.4 Å². The molecule has 3 aromatic carbocycles. The molecule has 0 bridgehead atoms. The van der Waals surface area contributed by atoms with Crippen LogP contribution in [0.2, 0.25) is 0 Å². The monoisotopic (exact) mass is 396 g/mol. The minimum atomic E-state index is -3.78. The van der Waals surface area contributed by atoms with Gasteiger partial charge in [-0.1, -0.05) is 42.5 Å². The van der Waals surface area contributed by atoms with E-state index in [1.807, 2.05) is 30.3 Å². The number of hydrogen-bond donors (Lipinski definition) is 2. The summed E-state index contributed by atoms with van der Waals surface area (Å²) in [5.41, 5.74) is 1.78. The van der Waals surface area contributed by atoms with E-state index >= 15 is 0 Å². The Bertz CT molecular complexity index is 1050. The highest BCUT2D eigenvalue weighted by Crippen LogP contribution is 2.26. The van der Waals surface area contributed by atoms with Gasteiger partial charge in [-0.3, -0.25) is 9.52 Å². The smallest absolute Gasteiger partial charge is 0.262 e. The average Bonchev–Trinajstić information content (AvgIpc) is 2.69. The fraction of sp³-hybridized carbons (Fsp3) is 0.0952. The van der Waals surface area contributed by atoms with Gasteiger partial charge in [0.05, 0.1) is 24.1 Å². The van der Waals surface area contributed by atoms with E-state index in [0.29, 0.717) is 17.1 Å². The van der Waals surface area contributed by atoms with Crippen LogP contribution in [0.4, 0.5) is 11.4 Å². The Kier molecular flexibility index (Phi) is 5.96. The third kappa shape index (κ3) is 4.89. The summed E-state index contributed by atoms with van der Waals surface area (Å²) < 4.78 is 32.9. The van der Waals surface area contributed by atoms with Crippen LogP contribution in [0.15, 0.2) is 83.8 Å². The molecule has 3 rings (SSSR count). The quantitative estimate of drug-likeness (QED) is 0.638. The van der Waals surface area contributed by atoms with Crippen LogP contribution in [-0.2, 0) is 21.2 Å². The van der Waals surface area contributed by atoms with E-state index in [0.717, 1.165) is 5.56 Å². The number of carbonyl (C=O) groups excluding carboxylic acids is 1. The molecule has 2 N–H and O–H groups in total. The van der Waals surface area contributed by atoms with E-state index in [-0.39, 0.29) is 17.2 Å². The first-order valence-electron chi connectivity index (χ1n) is 8.57. The number of para-hydroxylation sites is 2. The molecule has 0 fully saturated rings. The number of nitrogens with one attached hydrogen (secondary N) is 2. The third-order valence-corrected chi connectivity index (χ3v) is 5.39. The molecule has 0 unspecified atom stereocenters. The molecule has 1 amide bonds. The first-order chi connectivity index (χ1) is 13.5. The van der Waals surface area contributed by atoms with Gasteiger partial charge in [-0.05, 0) is 42.0 Å². The first-order valence-corrected chi connectivity index (χ1v) is 10.1. The average molecular weight is 396 g/mol. The molecule has 0 aliphatic carbocycles. The summed E-state index contributed by atoms with van der Waals surface area (Å²) in [4.78, 5) is 12.2. The molecule has 0 radical (unpaired) electrons. The van der Waals surface area contributed by atoms with Gasteiger partial charge in [0.25, 0.3) is 10.0 Å². The van der Waals surface area contributed by atoms with Crippen molar-refractivity contribution in [1.82, 2.24) is 0 Å². The Balaban J connectivity index is 1.68. The van der Waals surface area contributed by atoms with Gasteiger partial charge in [0.1, 0.15) is 5.75 Å². The largest absolute Gasteiger partial charge is 0.495 e. The number of carbonyl (C=O) groups is 1. The SMILES string of the molecule is COc1ccccc1NS(=O)(=O)c1ccc(NC(=O)Cc2ccccc2)cc1. The summed E-state index contributed by atoms with van der Waals surface area (Å²) in [5, 5.41) is 2.76. The van der Waals surface area contributed by atoms with Crippen molar-refractivity contribution in [3.05, 3.63) is 84.4 Å². The molecular weight excluding hydrogens is 376 g/mol. The summed E-state index contributed by atoms with van der Waals surface area (Å²) in [6, 6.07) is 22.1. The molecule has 0 aromatic heterocycles. The van der Waals surface area contributed by atoms with Gasteiger partial charge in [0.15, 0.2) is 0 Å². The van der Waals surface area contributed by atoms with Gasteiger partial charge >= 0.3 is 0 Å². The maximum atomic E-state index is 12.6. The number of sulfonamides is 1. The van der Waals surface area contributed by atoms with Crippen LogP contribution < -0.4 is 14.8 Å². The number of benzene rings is 3. The predicted molar refractivity (Wildman–Crippen MR) is 109 cm³/mol. The van der Waals surface area contributed by atoms with Crippen molar-refractivity contribution >= 4 is 27.3 Å². The van der Waals surface area contributed by atoms with Crippen LogP contribution in [0.1, 0.15) is 5.56 Å². The predicted octanol–water partition coefficient (Wildman–Crippen LogP) is 3.68. The van der Waals surface area contributed by atoms with Crippen molar-refractivity contribution in [2.24, 2.45) is 0 Å². The van der Waals surface area contributed by atoms with Crippen LogP contribution >= 0.6 is 0 Å². The Labute approximate surface area is 164 Å². The number of hydrogen-bond acceptors (Lipinski definition) is 4. The zero-order valence-electron chi connectivity index (χ0n) is 15.3. The van der Waals surface area contributed by atoms with Crippen molar-refractivity contribution in [3.63, 3.8) is 0 Å². The van der Waals surface area contributed by atoms with Gasteiger partial charge < -0.3 is 10.1 Å². The molecule has 144 valence electrons. The molecule has 0 aliphatic heterocycles. The van der Waals surface area contributed by atoms with E-state index in [4.69, 9.17) is 4.74 Å². The Morgan fingerprint density at radius 2 is 1.54 bits per heavy atom. The summed E-state index contributed by atoms with van der Waals surface area (Å²) >= 11 is 0. The van der Waals surface area contributed by atoms with E-state index in [1.165, 1.54) is 19.2 Å². The van der Waals surface area contributed by atoms with Crippen molar-refractivity contribution < 1.29 is 17.9 Å². The molecule has 0 aliphatic rings. The molecule has 0 spiro atoms. The number of amides is 1. The lowest BCUT2D eigenvalue weighted by Crippen LogP contribution is -2.15. The minimum Gasteiger partial charge on any atom is -0.495 e. The van der Waals surface area contributed by atoms with E-state index in [2.05, 4.69) is 10.0 Å². The maximum absolute atomic E-state index is 12.6. The maximum Gasteiger partial charge on any atom is 0.262 e. The third-order valence-electron chi connectivity index (χ3n) is 4.01. The number of rotatable bonds is 7. The van der Waals surface area contributed by atoms with E-state index < -0.39 is 10.0 Å². The van der Waals surface area contributed by atoms with Gasteiger partial charge in [0, 0.05) is 5.69 Å². The number of ether oxygens (including phenoxy) is 1. The normalized spacial score (nSPS) is 10.9. The fourth-order valence-corrected chi connectivity index (χ4v) is 3.71. The zero-order valence-corrected chi connectivity index (χ0v) is 16.1. The summed E-state index contributed by atoms with van der Waals surface area (Å²) in [7, 11) is -2.31. The zero-order chi connectivity index (χ0) is 20.0. The number of methoxy groups -OCH3 is 1. The number of anilines is 2. The Morgan fingerprint density at radius 1 is 0.893 bits per heavy atom. The lowest BCUT2D eigenvalue weighted by molar-refractivity contribution is -0.115. The molecule has 0 heterocycles. The molecule has 6 nitrogen and oxygen atoms in total. The van der Waals surface area contributed by atoms with Crippen molar-refractivity contribution in [3.8, 4) is 5.75 Å². The standard InChI is InChI=1S/C21H20N2O4S/c1-27-20-10-6-5-9-19(20)23-28(25,26)18-13-11-17(12-14-18)22-21(24)15-16-7-3-2-4-8-16/h2-14,23H,15H2,1H3,(H,22,24). The van der Waals surface area contributed by atoms with Gasteiger partial charge in [-0.15, -0.1) is 0 Å². The second-order valence-electron chi connectivity index (χ2n) is 6.04. The molecule has 7 heteroatoms. The Morgan fingerprint density at radius 3 is 2.21 bits per heavy atom. The van der Waals surface area contributed by atoms with Crippen LogP contribution in [0.3, 0.4) is 0 Å². The van der Waals surface area contributed by atoms with Crippen molar-refractivity contribution in [1.29, 1.82) is 0 Å². The molecular formula is C21H20N2O4S. The fourth-order valence-electron chi connectivity index (χ4n) is 2.64. The summed E-state index contributed by atoms with van der Waals surface area (Å²) in [6.07, 6.45) is 0.246. The van der Waals surface area contributed by atoms with Gasteiger partial charge in [-0.2, -0.15) is 0 Å². The van der Waals surface area contributed by atoms with Crippen LogP contribution in [0, 0.1) is 0 Å². The second kappa shape index (κ2) is 8.58. The van der Waals surface area contributed by atoms with Gasteiger partial charge in [-0.25, -0.2) is 8.42 Å². The molecule has 3 aromatic rings. The highest BCUT2D eigenvalue weighted by molar-refractivity contribution is 7.92. The molecule has 28 heavy (non-hydrogen) atoms. The van der Waals surface area contributed by atoms with Crippen molar-refractivity contribution in [2.45, 2.75) is 11.3 Å². The highest BCUT2D eigenvalue weighted by Gasteiger charge is 2.16. The van der Waals surface area contributed by atoms with Crippen LogP contribution in [0.5, 0.6) is 5.75 Å². The highest BCUT2D eigenvalue weighted by atomic mass is 32.2. The molecule has 0 atom stereocenters. The summed E-state index contributed by atoms with van der Waals surface area (Å²) in [6.45, 7) is 0. The summed E-state index contributed by atoms with van der Waals surface area (Å²) in [5.74, 6) is 0.254. The van der Waals surface area contributed by atoms with E-state index in [9.17, 15) is 13.2 Å². The van der Waals surface area contributed by atoms with Crippen LogP contribution in [0.25, 0.3) is 0 Å². The molecule has 0 saturated heterocycles. The topological polar surface area (TPSA) is 84.5 Å². The van der Waals surface area contributed by atoms with Crippen molar-refractivity contribution in [2.75, 3.05) is 17.1 Å². The lowest BCUT2D eigenvalue weighted by atomic mass is 10.1. The lowest BCUT2D eigenvalue weighted by Gasteiger charge is -2.12. The van der Waals surface area contributed by atoms with E-state index in [1.54, 1.807) is 36.4 Å². The Hall–Kier alpha value is -3.32. The molecule has 0 saturated carbocycles.